The van der Waals surface area contributed by atoms with Crippen LogP contribution in [0.3, 0.4) is 0 Å². The van der Waals surface area contributed by atoms with Crippen LogP contribution in [0.4, 0.5) is 4.79 Å². The molecular formula is C33H38N2O6. The molecule has 0 heterocycles. The summed E-state index contributed by atoms with van der Waals surface area (Å²) in [5.41, 5.74) is 5.43. The fourth-order valence-corrected chi connectivity index (χ4v) is 5.22. The van der Waals surface area contributed by atoms with Gasteiger partial charge in [0.05, 0.1) is 12.7 Å². The number of rotatable bonds is 14. The molecule has 8 nitrogen and oxygen atoms in total. The molecule has 8 heteroatoms. The number of aliphatic carboxylic acids is 1. The first-order chi connectivity index (χ1) is 19.9. The van der Waals surface area contributed by atoms with E-state index >= 15 is 0 Å². The Bertz CT molecular complexity index is 1280. The first kappa shape index (κ1) is 29.8. The van der Waals surface area contributed by atoms with E-state index in [0.29, 0.717) is 6.42 Å². The van der Waals surface area contributed by atoms with Crippen molar-refractivity contribution in [2.24, 2.45) is 0 Å². The average Bonchev–Trinajstić information content (AvgIpc) is 3.30. The topological polar surface area (TPSA) is 114 Å². The van der Waals surface area contributed by atoms with Crippen LogP contribution in [0.5, 0.6) is 0 Å². The van der Waals surface area contributed by atoms with Crippen molar-refractivity contribution < 1.29 is 29.0 Å². The van der Waals surface area contributed by atoms with Gasteiger partial charge in [-0.2, -0.15) is 0 Å². The van der Waals surface area contributed by atoms with Gasteiger partial charge in [0.2, 0.25) is 5.91 Å². The van der Waals surface area contributed by atoms with Gasteiger partial charge in [-0.25, -0.2) is 9.59 Å². The third kappa shape index (κ3) is 7.95. The summed E-state index contributed by atoms with van der Waals surface area (Å²) < 4.78 is 11.4. The number of alkyl carbamates (subject to hydrolysis) is 1. The minimum atomic E-state index is -1.23. The summed E-state index contributed by atoms with van der Waals surface area (Å²) in [6, 6.07) is 23.9. The van der Waals surface area contributed by atoms with Gasteiger partial charge in [-0.1, -0.05) is 98.6 Å². The maximum atomic E-state index is 12.9. The highest BCUT2D eigenvalue weighted by Gasteiger charge is 2.30. The minimum Gasteiger partial charge on any atom is -0.480 e. The van der Waals surface area contributed by atoms with Crippen LogP contribution in [-0.4, -0.2) is 47.9 Å². The Hall–Kier alpha value is -4.17. The van der Waals surface area contributed by atoms with Crippen molar-refractivity contribution in [2.75, 3.05) is 6.61 Å². The Morgan fingerprint density at radius 3 is 2.10 bits per heavy atom. The van der Waals surface area contributed by atoms with Gasteiger partial charge in [0.1, 0.15) is 6.61 Å². The second-order valence-corrected chi connectivity index (χ2v) is 10.4. The monoisotopic (exact) mass is 558 g/mol. The molecule has 0 bridgehead atoms. The molecule has 1 aliphatic carbocycles. The highest BCUT2D eigenvalue weighted by Crippen LogP contribution is 2.44. The van der Waals surface area contributed by atoms with Crippen LogP contribution < -0.4 is 10.6 Å². The summed E-state index contributed by atoms with van der Waals surface area (Å²) in [6.07, 6.45) is 0.800. The lowest BCUT2D eigenvalue weighted by Gasteiger charge is -2.24. The molecule has 3 aromatic rings. The number of nitrogens with one attached hydrogen (secondary N) is 2. The standard InChI is InChI=1S/C33H38N2O6/c1-3-4-14-24(19-30(36)35-31(32(37)38)22(2)40-20-23-12-6-5-7-13-23)34-33(39)41-21-29-27-17-10-8-15-25(27)26-16-9-11-18-28(26)29/h5-13,15-18,22,24,29,31H,3-4,14,19-21H2,1-2H3,(H,34,39)(H,35,36)(H,37,38)/t22?,24-,31?/m1/s1. The van der Waals surface area contributed by atoms with Crippen molar-refractivity contribution in [1.82, 2.24) is 10.6 Å². The van der Waals surface area contributed by atoms with Crippen LogP contribution >= 0.6 is 0 Å². The van der Waals surface area contributed by atoms with Gasteiger partial charge < -0.3 is 25.2 Å². The summed E-state index contributed by atoms with van der Waals surface area (Å²) in [5, 5.41) is 15.1. The minimum absolute atomic E-state index is 0.0701. The zero-order valence-electron chi connectivity index (χ0n) is 23.5. The van der Waals surface area contributed by atoms with E-state index in [1.54, 1.807) is 6.92 Å². The van der Waals surface area contributed by atoms with Crippen LogP contribution in [-0.2, 0) is 25.7 Å². The molecular weight excluding hydrogens is 520 g/mol. The van der Waals surface area contributed by atoms with Crippen LogP contribution in [0.1, 0.15) is 62.1 Å². The van der Waals surface area contributed by atoms with Crippen LogP contribution in [0.15, 0.2) is 78.9 Å². The van der Waals surface area contributed by atoms with Gasteiger partial charge >= 0.3 is 12.1 Å². The van der Waals surface area contributed by atoms with E-state index in [1.165, 1.54) is 0 Å². The van der Waals surface area contributed by atoms with E-state index in [1.807, 2.05) is 61.5 Å². The third-order valence-corrected chi connectivity index (χ3v) is 7.41. The largest absolute Gasteiger partial charge is 0.480 e. The summed E-state index contributed by atoms with van der Waals surface area (Å²) in [7, 11) is 0. The maximum absolute atomic E-state index is 12.9. The highest BCUT2D eigenvalue weighted by atomic mass is 16.5. The Labute approximate surface area is 241 Å². The van der Waals surface area contributed by atoms with E-state index in [4.69, 9.17) is 9.47 Å². The third-order valence-electron chi connectivity index (χ3n) is 7.41. The molecule has 4 rings (SSSR count). The summed E-state index contributed by atoms with van der Waals surface area (Å²) in [4.78, 5) is 37.7. The molecule has 3 N–H and O–H groups in total. The first-order valence-corrected chi connectivity index (χ1v) is 14.2. The zero-order valence-corrected chi connectivity index (χ0v) is 23.5. The normalized spacial score (nSPS) is 14.3. The zero-order chi connectivity index (χ0) is 29.2. The molecule has 3 aromatic carbocycles. The van der Waals surface area contributed by atoms with Crippen molar-refractivity contribution in [3.05, 3.63) is 95.6 Å². The Morgan fingerprint density at radius 2 is 1.49 bits per heavy atom. The van der Waals surface area contributed by atoms with Gasteiger partial charge in [-0.15, -0.1) is 0 Å². The van der Waals surface area contributed by atoms with E-state index in [9.17, 15) is 19.5 Å². The quantitative estimate of drug-likeness (QED) is 0.236. The molecule has 0 saturated heterocycles. The van der Waals surface area contributed by atoms with Crippen molar-refractivity contribution in [1.29, 1.82) is 0 Å². The Balaban J connectivity index is 1.32. The van der Waals surface area contributed by atoms with Crippen molar-refractivity contribution >= 4 is 18.0 Å². The van der Waals surface area contributed by atoms with E-state index in [0.717, 1.165) is 40.7 Å². The van der Waals surface area contributed by atoms with Crippen LogP contribution in [0.2, 0.25) is 0 Å². The molecule has 0 spiro atoms. The predicted octanol–water partition coefficient (Wildman–Crippen LogP) is 5.65. The second kappa shape index (κ2) is 14.5. The van der Waals surface area contributed by atoms with Gasteiger partial charge in [0.25, 0.3) is 0 Å². The van der Waals surface area contributed by atoms with Gasteiger partial charge in [-0.3, -0.25) is 4.79 Å². The molecule has 3 atom stereocenters. The molecule has 216 valence electrons. The molecule has 0 saturated carbocycles. The molecule has 0 radical (unpaired) electrons. The number of carbonyl (C=O) groups is 3. The number of carbonyl (C=O) groups excluding carboxylic acids is 2. The van der Waals surface area contributed by atoms with Gasteiger partial charge in [0.15, 0.2) is 6.04 Å². The van der Waals surface area contributed by atoms with Gasteiger partial charge in [-0.05, 0) is 41.2 Å². The first-order valence-electron chi connectivity index (χ1n) is 14.2. The highest BCUT2D eigenvalue weighted by molar-refractivity contribution is 5.84. The lowest BCUT2D eigenvalue weighted by atomic mass is 9.98. The van der Waals surface area contributed by atoms with Crippen molar-refractivity contribution in [3.63, 3.8) is 0 Å². The SMILES string of the molecule is CCCC[C@H](CC(=O)NC(C(=O)O)C(C)OCc1ccccc1)NC(=O)OCC1c2ccccc2-c2ccccc21. The number of carboxylic acid groups (broad SMARTS) is 1. The number of carboxylic acids is 1. The molecule has 0 fully saturated rings. The number of fused-ring (bicyclic) bond motifs is 3. The number of unbranched alkanes of at least 4 members (excludes halogenated alkanes) is 1. The predicted molar refractivity (Wildman–Crippen MR) is 156 cm³/mol. The van der Waals surface area contributed by atoms with Crippen LogP contribution in [0, 0.1) is 0 Å². The fraction of sp³-hybridized carbons (Fsp3) is 0.364. The Morgan fingerprint density at radius 1 is 0.878 bits per heavy atom. The molecule has 1 aliphatic rings. The van der Waals surface area contributed by atoms with Crippen LogP contribution in [0.25, 0.3) is 11.1 Å². The lowest BCUT2D eigenvalue weighted by Crippen LogP contribution is -2.50. The summed E-state index contributed by atoms with van der Waals surface area (Å²) in [6.45, 7) is 4.04. The molecule has 2 unspecified atom stereocenters. The van der Waals surface area contributed by atoms with E-state index in [-0.39, 0.29) is 25.6 Å². The summed E-state index contributed by atoms with van der Waals surface area (Å²) >= 11 is 0. The number of hydrogen-bond acceptors (Lipinski definition) is 5. The number of benzene rings is 3. The summed E-state index contributed by atoms with van der Waals surface area (Å²) in [5.74, 6) is -1.74. The van der Waals surface area contributed by atoms with Gasteiger partial charge in [0, 0.05) is 18.4 Å². The Kier molecular flexibility index (Phi) is 10.5. The lowest BCUT2D eigenvalue weighted by molar-refractivity contribution is -0.146. The average molecular weight is 559 g/mol. The van der Waals surface area contributed by atoms with E-state index < -0.39 is 36.2 Å². The number of amides is 2. The molecule has 2 amide bonds. The second-order valence-electron chi connectivity index (χ2n) is 10.4. The fourth-order valence-electron chi connectivity index (χ4n) is 5.22. The number of hydrogen-bond donors (Lipinski definition) is 3. The number of ether oxygens (including phenoxy) is 2. The maximum Gasteiger partial charge on any atom is 0.407 e. The molecule has 41 heavy (non-hydrogen) atoms. The van der Waals surface area contributed by atoms with E-state index in [2.05, 4.69) is 34.9 Å². The molecule has 0 aromatic heterocycles. The van der Waals surface area contributed by atoms with Crippen molar-refractivity contribution in [3.8, 4) is 11.1 Å². The smallest absolute Gasteiger partial charge is 0.407 e. The van der Waals surface area contributed by atoms with Crippen molar-refractivity contribution in [2.45, 2.75) is 70.2 Å². The molecule has 0 aliphatic heterocycles.